The number of hydrogen-bond acceptors (Lipinski definition) is 11. The molecule has 1 aromatic carbocycles. The standard InChI is InChI=1S/C36H33F2N7O6/c1-20-36(18-48-19-36)49-13-12-43(20)26-14-21(6-7-22-10-11-45(42-22)23-8-9-23)16-39-34(26)50-24-15-27(35(46)47)44(17-24)33-30-29(40-32(41-33)31(37)38)25-4-2-3-5-28(25)51-30/h2-5,10-11,14,16,20,23-24,27,31H,8-9,12-13,15,17-19H2,1H3,(H,46,47)/t20-,24-,27-/m0/s1. The van der Waals surface area contributed by atoms with Gasteiger partial charge in [-0.1, -0.05) is 18.1 Å². The first kappa shape index (κ1) is 31.6. The molecule has 5 aromatic rings. The number of furan rings is 1. The van der Waals surface area contributed by atoms with Gasteiger partial charge in [0.25, 0.3) is 6.43 Å². The maximum Gasteiger partial charge on any atom is 0.326 e. The number of morpholine rings is 1. The van der Waals surface area contributed by atoms with Gasteiger partial charge in [-0.2, -0.15) is 5.10 Å². The van der Waals surface area contributed by atoms with Gasteiger partial charge in [0.15, 0.2) is 17.2 Å². The predicted molar refractivity (Wildman–Crippen MR) is 179 cm³/mol. The molecule has 3 saturated heterocycles. The minimum Gasteiger partial charge on any atom is -0.480 e. The van der Waals surface area contributed by atoms with Crippen molar-refractivity contribution < 1.29 is 37.3 Å². The molecule has 3 atom stereocenters. The highest BCUT2D eigenvalue weighted by atomic mass is 19.3. The number of carboxylic acids is 1. The monoisotopic (exact) mass is 697 g/mol. The van der Waals surface area contributed by atoms with Crippen LogP contribution in [0, 0.1) is 11.8 Å². The lowest BCUT2D eigenvalue weighted by atomic mass is 9.90. The summed E-state index contributed by atoms with van der Waals surface area (Å²) in [5, 5.41) is 15.4. The highest BCUT2D eigenvalue weighted by molar-refractivity contribution is 6.06. The van der Waals surface area contributed by atoms with Crippen LogP contribution in [-0.4, -0.2) is 92.5 Å². The highest BCUT2D eigenvalue weighted by Gasteiger charge is 2.50. The number of ether oxygens (including phenoxy) is 3. The molecule has 4 fully saturated rings. The van der Waals surface area contributed by atoms with Crippen LogP contribution in [-0.2, 0) is 14.3 Å². The molecule has 4 aromatic heterocycles. The van der Waals surface area contributed by atoms with Crippen molar-refractivity contribution in [3.05, 3.63) is 65.9 Å². The minimum absolute atomic E-state index is 0.0194. The summed E-state index contributed by atoms with van der Waals surface area (Å²) in [6, 6.07) is 9.94. The number of aromatic nitrogens is 5. The molecular weight excluding hydrogens is 664 g/mol. The zero-order chi connectivity index (χ0) is 34.9. The Kier molecular flexibility index (Phi) is 7.55. The van der Waals surface area contributed by atoms with E-state index in [1.54, 1.807) is 30.5 Å². The van der Waals surface area contributed by atoms with Gasteiger partial charge in [0.2, 0.25) is 5.88 Å². The van der Waals surface area contributed by atoms with Crippen LogP contribution < -0.4 is 14.5 Å². The number of anilines is 2. The number of pyridine rings is 1. The normalized spacial score (nSPS) is 22.8. The maximum absolute atomic E-state index is 14.1. The molecule has 3 aliphatic heterocycles. The fourth-order valence-corrected chi connectivity index (χ4v) is 7.19. The van der Waals surface area contributed by atoms with Crippen molar-refractivity contribution in [2.24, 2.45) is 0 Å². The second kappa shape index (κ2) is 12.2. The molecule has 13 nitrogen and oxygen atoms in total. The van der Waals surface area contributed by atoms with E-state index in [9.17, 15) is 18.7 Å². The molecule has 51 heavy (non-hydrogen) atoms. The maximum atomic E-state index is 14.1. The van der Waals surface area contributed by atoms with Crippen molar-refractivity contribution in [3.63, 3.8) is 0 Å². The van der Waals surface area contributed by atoms with Gasteiger partial charge in [-0.25, -0.2) is 28.5 Å². The Labute approximate surface area is 290 Å². The van der Waals surface area contributed by atoms with Gasteiger partial charge in [-0.05, 0) is 50.0 Å². The quantitative estimate of drug-likeness (QED) is 0.235. The number of nitrogens with zero attached hydrogens (tertiary/aromatic N) is 7. The van der Waals surface area contributed by atoms with E-state index in [2.05, 4.69) is 38.7 Å². The Morgan fingerprint density at radius 2 is 1.98 bits per heavy atom. The van der Waals surface area contributed by atoms with Crippen molar-refractivity contribution >= 4 is 39.5 Å². The SMILES string of the molecule is C[C@@H]1N(c2cc(C#Cc3ccn(C4CC4)n3)cnc2O[C@H]2C[C@@H](C(=O)O)N(c3nc(C(F)F)nc4c3oc3ccccc34)C2)CCOC12COC2. The average molecular weight is 698 g/mol. The smallest absolute Gasteiger partial charge is 0.326 e. The molecule has 1 aliphatic carbocycles. The summed E-state index contributed by atoms with van der Waals surface area (Å²) in [7, 11) is 0. The number of alkyl halides is 2. The van der Waals surface area contributed by atoms with Gasteiger partial charge < -0.3 is 33.5 Å². The van der Waals surface area contributed by atoms with Gasteiger partial charge in [0, 0.05) is 36.3 Å². The van der Waals surface area contributed by atoms with Crippen LogP contribution in [0.4, 0.5) is 20.3 Å². The highest BCUT2D eigenvalue weighted by Crippen LogP contribution is 2.41. The van der Waals surface area contributed by atoms with Crippen molar-refractivity contribution in [3.8, 4) is 17.7 Å². The van der Waals surface area contributed by atoms with Crippen molar-refractivity contribution in [1.29, 1.82) is 0 Å². The van der Waals surface area contributed by atoms with Crippen LogP contribution >= 0.6 is 0 Å². The molecule has 9 rings (SSSR count). The molecule has 1 N–H and O–H groups in total. The molecule has 0 radical (unpaired) electrons. The number of para-hydroxylation sites is 1. The van der Waals surface area contributed by atoms with Gasteiger partial charge in [-0.3, -0.25) is 4.68 Å². The molecular formula is C36H33F2N7O6. The van der Waals surface area contributed by atoms with Gasteiger partial charge >= 0.3 is 5.97 Å². The number of carbonyl (C=O) groups is 1. The number of rotatable bonds is 7. The Balaban J connectivity index is 1.06. The Morgan fingerprint density at radius 1 is 1.14 bits per heavy atom. The molecule has 262 valence electrons. The van der Waals surface area contributed by atoms with Crippen LogP contribution in [0.2, 0.25) is 0 Å². The van der Waals surface area contributed by atoms with Crippen LogP contribution in [0.25, 0.3) is 22.1 Å². The number of hydrogen-bond donors (Lipinski definition) is 1. The summed E-state index contributed by atoms with van der Waals surface area (Å²) in [5.74, 6) is 4.74. The van der Waals surface area contributed by atoms with Gasteiger partial charge in [0.05, 0.1) is 38.4 Å². The van der Waals surface area contributed by atoms with E-state index >= 15 is 0 Å². The first-order valence-corrected chi connectivity index (χ1v) is 17.0. The molecule has 1 saturated carbocycles. The minimum atomic E-state index is -2.98. The predicted octanol–water partition coefficient (Wildman–Crippen LogP) is 4.74. The fraction of sp³-hybridized carbons (Fsp3) is 0.417. The first-order valence-electron chi connectivity index (χ1n) is 17.0. The molecule has 15 heteroatoms. The summed E-state index contributed by atoms with van der Waals surface area (Å²) >= 11 is 0. The average Bonchev–Trinajstić information content (AvgIpc) is 3.51. The van der Waals surface area contributed by atoms with Crippen molar-refractivity contribution in [2.75, 3.05) is 42.7 Å². The molecule has 0 bridgehead atoms. The Morgan fingerprint density at radius 3 is 2.75 bits per heavy atom. The van der Waals surface area contributed by atoms with Gasteiger partial charge in [0.1, 0.15) is 40.2 Å². The summed E-state index contributed by atoms with van der Waals surface area (Å²) in [5.41, 5.74) is 2.27. The van der Waals surface area contributed by atoms with Gasteiger partial charge in [-0.15, -0.1) is 0 Å². The lowest BCUT2D eigenvalue weighted by molar-refractivity contribution is -0.228. The van der Waals surface area contributed by atoms with Crippen LogP contribution in [0.1, 0.15) is 55.7 Å². The largest absolute Gasteiger partial charge is 0.480 e. The third-order valence-corrected chi connectivity index (χ3v) is 10.2. The van der Waals surface area contributed by atoms with E-state index in [-0.39, 0.29) is 35.9 Å². The number of fused-ring (bicyclic) bond motifs is 3. The summed E-state index contributed by atoms with van der Waals surface area (Å²) in [6.07, 6.45) is 2.18. The second-order valence-electron chi connectivity index (χ2n) is 13.4. The fourth-order valence-electron chi connectivity index (χ4n) is 7.19. The molecule has 1 spiro atoms. The van der Waals surface area contributed by atoms with E-state index < -0.39 is 36.0 Å². The van der Waals surface area contributed by atoms with E-state index in [0.717, 1.165) is 12.8 Å². The zero-order valence-electron chi connectivity index (χ0n) is 27.5. The summed E-state index contributed by atoms with van der Waals surface area (Å²) < 4.78 is 54.4. The van der Waals surface area contributed by atoms with E-state index in [4.69, 9.17) is 23.6 Å². The first-order chi connectivity index (χ1) is 24.8. The molecule has 7 heterocycles. The second-order valence-corrected chi connectivity index (χ2v) is 13.4. The number of benzene rings is 1. The zero-order valence-corrected chi connectivity index (χ0v) is 27.5. The lowest BCUT2D eigenvalue weighted by Crippen LogP contribution is -2.68. The Bertz CT molecular complexity index is 2220. The molecule has 4 aliphatic rings. The van der Waals surface area contributed by atoms with Crippen molar-refractivity contribution in [1.82, 2.24) is 24.7 Å². The Hall–Kier alpha value is -5.33. The van der Waals surface area contributed by atoms with E-state index in [1.807, 2.05) is 23.0 Å². The molecule has 0 unspecified atom stereocenters. The lowest BCUT2D eigenvalue weighted by Gasteiger charge is -2.53. The number of carboxylic acid groups (broad SMARTS) is 1. The summed E-state index contributed by atoms with van der Waals surface area (Å²) in [6.45, 7) is 4.04. The van der Waals surface area contributed by atoms with E-state index in [1.165, 1.54) is 4.90 Å². The third kappa shape index (κ3) is 5.59. The number of aliphatic carboxylic acids is 1. The number of halogens is 2. The van der Waals surface area contributed by atoms with E-state index in [0.29, 0.717) is 66.2 Å². The van der Waals surface area contributed by atoms with Crippen LogP contribution in [0.15, 0.2) is 53.2 Å². The summed E-state index contributed by atoms with van der Waals surface area (Å²) in [4.78, 5) is 29.2. The van der Waals surface area contributed by atoms with Crippen LogP contribution in [0.3, 0.4) is 0 Å². The topological polar surface area (TPSA) is 141 Å². The third-order valence-electron chi connectivity index (χ3n) is 10.2. The molecule has 0 amide bonds. The van der Waals surface area contributed by atoms with Crippen LogP contribution in [0.5, 0.6) is 5.88 Å². The van der Waals surface area contributed by atoms with Crippen molar-refractivity contribution in [2.45, 2.75) is 62.4 Å².